The van der Waals surface area contributed by atoms with E-state index in [9.17, 15) is 4.79 Å². The van der Waals surface area contributed by atoms with Gasteiger partial charge in [-0.2, -0.15) is 10.1 Å². The highest BCUT2D eigenvalue weighted by atomic mass is 16.5. The van der Waals surface area contributed by atoms with Crippen LogP contribution in [0.25, 0.3) is 33.1 Å². The third kappa shape index (κ3) is 4.39. The zero-order valence-corrected chi connectivity index (χ0v) is 21.5. The Morgan fingerprint density at radius 1 is 1.05 bits per heavy atom. The average molecular weight is 498 g/mol. The van der Waals surface area contributed by atoms with Crippen molar-refractivity contribution >= 4 is 21.9 Å². The van der Waals surface area contributed by atoms with E-state index in [-0.39, 0.29) is 18.3 Å². The molecular weight excluding hydrogens is 466 g/mol. The van der Waals surface area contributed by atoms with Crippen LogP contribution in [0.4, 0.5) is 0 Å². The van der Waals surface area contributed by atoms with Crippen LogP contribution < -0.4 is 10.4 Å². The van der Waals surface area contributed by atoms with Crippen LogP contribution in [0, 0.1) is 5.92 Å². The van der Waals surface area contributed by atoms with Crippen molar-refractivity contribution in [2.45, 2.75) is 52.1 Å². The lowest BCUT2D eigenvalue weighted by Gasteiger charge is -2.15. The van der Waals surface area contributed by atoms with Crippen LogP contribution in [0.1, 0.15) is 51.4 Å². The lowest BCUT2D eigenvalue weighted by Crippen LogP contribution is -2.25. The van der Waals surface area contributed by atoms with Crippen molar-refractivity contribution in [2.75, 3.05) is 6.61 Å². The highest BCUT2D eigenvalue weighted by Crippen LogP contribution is 2.36. The number of fused-ring (bicyclic) bond motifs is 2. The molecule has 1 aliphatic rings. The van der Waals surface area contributed by atoms with Crippen molar-refractivity contribution in [3.05, 3.63) is 65.4 Å². The van der Waals surface area contributed by atoms with Gasteiger partial charge in [-0.05, 0) is 42.5 Å². The molecule has 5 aromatic rings. The molecule has 0 spiro atoms. The van der Waals surface area contributed by atoms with Crippen LogP contribution in [-0.4, -0.2) is 40.5 Å². The van der Waals surface area contributed by atoms with Gasteiger partial charge in [0.25, 0.3) is 0 Å². The maximum atomic E-state index is 13.4. The Morgan fingerprint density at radius 3 is 2.62 bits per heavy atom. The van der Waals surface area contributed by atoms with Crippen molar-refractivity contribution in [1.82, 2.24) is 33.9 Å². The molecule has 1 aromatic carbocycles. The molecule has 37 heavy (non-hydrogen) atoms. The molecule has 0 amide bonds. The quantitative estimate of drug-likeness (QED) is 0.292. The average Bonchev–Trinajstić information content (AvgIpc) is 3.59. The van der Waals surface area contributed by atoms with Gasteiger partial charge in [0, 0.05) is 31.0 Å². The number of hydrogen-bond donors (Lipinski definition) is 0. The third-order valence-electron chi connectivity index (χ3n) is 7.33. The molecule has 6 rings (SSSR count). The second-order valence-corrected chi connectivity index (χ2v) is 9.91. The number of rotatable bonds is 9. The highest BCUT2D eigenvalue weighted by molar-refractivity contribution is 5.88. The minimum atomic E-state index is -0.0411. The van der Waals surface area contributed by atoms with E-state index >= 15 is 0 Å². The minimum Gasteiger partial charge on any atom is -0.477 e. The first kappa shape index (κ1) is 23.4. The van der Waals surface area contributed by atoms with Gasteiger partial charge in [0.2, 0.25) is 5.88 Å². The third-order valence-corrected chi connectivity index (χ3v) is 7.33. The van der Waals surface area contributed by atoms with Crippen LogP contribution in [0.5, 0.6) is 5.88 Å². The molecule has 1 fully saturated rings. The van der Waals surface area contributed by atoms with E-state index < -0.39 is 0 Å². The van der Waals surface area contributed by atoms with Gasteiger partial charge in [-0.15, -0.1) is 0 Å². The van der Waals surface area contributed by atoms with E-state index in [0.29, 0.717) is 24.2 Å². The molecule has 190 valence electrons. The zero-order chi connectivity index (χ0) is 25.5. The van der Waals surface area contributed by atoms with E-state index in [2.05, 4.69) is 30.0 Å². The first-order valence-corrected chi connectivity index (χ1v) is 13.0. The Labute approximate surface area is 214 Å². The van der Waals surface area contributed by atoms with Crippen molar-refractivity contribution in [3.63, 3.8) is 0 Å². The fourth-order valence-electron chi connectivity index (χ4n) is 4.90. The molecule has 9 nitrogen and oxygen atoms in total. The van der Waals surface area contributed by atoms with Gasteiger partial charge in [-0.25, -0.2) is 9.78 Å². The zero-order valence-electron chi connectivity index (χ0n) is 21.5. The first-order valence-electron chi connectivity index (χ1n) is 13.0. The van der Waals surface area contributed by atoms with Gasteiger partial charge in [0.15, 0.2) is 5.82 Å². The summed E-state index contributed by atoms with van der Waals surface area (Å²) in [4.78, 5) is 27.4. The summed E-state index contributed by atoms with van der Waals surface area (Å²) in [7, 11) is 1.90. The monoisotopic (exact) mass is 497 g/mol. The molecule has 0 radical (unpaired) electrons. The number of ether oxygens (including phenoxy) is 1. The van der Waals surface area contributed by atoms with Crippen LogP contribution in [-0.2, 0) is 13.6 Å². The van der Waals surface area contributed by atoms with E-state index in [1.54, 1.807) is 21.6 Å². The maximum Gasteiger partial charge on any atom is 0.329 e. The summed E-state index contributed by atoms with van der Waals surface area (Å²) in [5.74, 6) is 1.54. The molecular formula is C28H31N7O2. The SMILES string of the molecule is CCC(CC)COc1nc(Cn2c(=O)n(C3CC3)c3ccncc32)nc2ccc(-c3cnn(C)c3)cc12. The Kier molecular flexibility index (Phi) is 5.98. The Bertz CT molecular complexity index is 1640. The summed E-state index contributed by atoms with van der Waals surface area (Å²) in [5.41, 5.74) is 4.50. The number of nitrogens with zero attached hydrogens (tertiary/aromatic N) is 7. The van der Waals surface area contributed by atoms with Crippen molar-refractivity contribution < 1.29 is 4.74 Å². The highest BCUT2D eigenvalue weighted by Gasteiger charge is 2.29. The summed E-state index contributed by atoms with van der Waals surface area (Å²) < 4.78 is 11.7. The lowest BCUT2D eigenvalue weighted by molar-refractivity contribution is 0.234. The molecule has 0 unspecified atom stereocenters. The Hall–Kier alpha value is -4.01. The van der Waals surface area contributed by atoms with Gasteiger partial charge >= 0.3 is 5.69 Å². The largest absolute Gasteiger partial charge is 0.477 e. The van der Waals surface area contributed by atoms with E-state index in [1.807, 2.05) is 42.2 Å². The summed E-state index contributed by atoms with van der Waals surface area (Å²) in [5, 5.41) is 5.16. The number of hydrogen-bond acceptors (Lipinski definition) is 6. The van der Waals surface area contributed by atoms with Crippen molar-refractivity contribution in [2.24, 2.45) is 13.0 Å². The first-order chi connectivity index (χ1) is 18.1. The number of aryl methyl sites for hydroxylation is 1. The Balaban J connectivity index is 1.44. The predicted octanol–water partition coefficient (Wildman–Crippen LogP) is 4.74. The van der Waals surface area contributed by atoms with E-state index in [0.717, 1.165) is 58.7 Å². The minimum absolute atomic E-state index is 0.0411. The lowest BCUT2D eigenvalue weighted by atomic mass is 10.1. The second-order valence-electron chi connectivity index (χ2n) is 9.91. The van der Waals surface area contributed by atoms with Gasteiger partial charge in [-0.3, -0.25) is 18.8 Å². The molecule has 9 heteroatoms. The van der Waals surface area contributed by atoms with Crippen LogP contribution in [0.3, 0.4) is 0 Å². The molecule has 0 atom stereocenters. The summed E-state index contributed by atoms with van der Waals surface area (Å²) in [6, 6.07) is 8.27. The van der Waals surface area contributed by atoms with Crippen LogP contribution in [0.15, 0.2) is 53.8 Å². The van der Waals surface area contributed by atoms with Crippen molar-refractivity contribution in [1.29, 1.82) is 0 Å². The number of benzene rings is 1. The van der Waals surface area contributed by atoms with Gasteiger partial charge in [0.05, 0.1) is 47.5 Å². The second kappa shape index (κ2) is 9.46. The molecule has 0 bridgehead atoms. The number of pyridine rings is 1. The fourth-order valence-corrected chi connectivity index (χ4v) is 4.90. The maximum absolute atomic E-state index is 13.4. The van der Waals surface area contributed by atoms with E-state index in [4.69, 9.17) is 14.7 Å². The van der Waals surface area contributed by atoms with Gasteiger partial charge in [-0.1, -0.05) is 32.8 Å². The molecule has 1 aliphatic carbocycles. The predicted molar refractivity (Wildman–Crippen MR) is 143 cm³/mol. The molecule has 0 N–H and O–H groups in total. The topological polar surface area (TPSA) is 92.7 Å². The van der Waals surface area contributed by atoms with Gasteiger partial charge in [0.1, 0.15) is 0 Å². The smallest absolute Gasteiger partial charge is 0.329 e. The fraction of sp³-hybridized carbons (Fsp3) is 0.393. The summed E-state index contributed by atoms with van der Waals surface area (Å²) in [6.07, 6.45) is 11.5. The standard InChI is InChI=1S/C28H31N7O2/c1-4-18(5-2)17-37-27-22-12-19(20-13-30-33(3)15-20)6-9-23(22)31-26(32-27)16-34-25-14-29-11-10-24(25)35(28(34)36)21-7-8-21/h6,9-15,18,21H,4-5,7-8,16-17H2,1-3H3. The van der Waals surface area contributed by atoms with Gasteiger partial charge < -0.3 is 4.74 Å². The molecule has 0 aliphatic heterocycles. The molecule has 1 saturated carbocycles. The number of imidazole rings is 1. The van der Waals surface area contributed by atoms with E-state index in [1.165, 1.54) is 0 Å². The summed E-state index contributed by atoms with van der Waals surface area (Å²) in [6.45, 7) is 5.19. The number of aromatic nitrogens is 7. The Morgan fingerprint density at radius 2 is 1.89 bits per heavy atom. The molecule has 4 aromatic heterocycles. The molecule has 4 heterocycles. The normalized spacial score (nSPS) is 13.7. The summed E-state index contributed by atoms with van der Waals surface area (Å²) >= 11 is 0. The van der Waals surface area contributed by atoms with Crippen LogP contribution >= 0.6 is 0 Å². The van der Waals surface area contributed by atoms with Crippen molar-refractivity contribution in [3.8, 4) is 17.0 Å². The molecule has 0 saturated heterocycles. The van der Waals surface area contributed by atoms with Crippen LogP contribution in [0.2, 0.25) is 0 Å².